The van der Waals surface area contributed by atoms with Gasteiger partial charge in [0.1, 0.15) is 0 Å². The van der Waals surface area contributed by atoms with Crippen LogP contribution in [0.4, 0.5) is 0 Å². The normalized spacial score (nSPS) is 57.3. The number of hydrogen-bond donors (Lipinski definition) is 0. The summed E-state index contributed by atoms with van der Waals surface area (Å²) >= 11 is 0. The smallest absolute Gasteiger partial charge is 0.171 e. The molecule has 188 valence electrons. The number of ether oxygens (including phenoxy) is 4. The van der Waals surface area contributed by atoms with Crippen LogP contribution >= 0.6 is 0 Å². The Morgan fingerprint density at radius 2 is 1.61 bits per heavy atom. The lowest BCUT2D eigenvalue weighted by atomic mass is 9.44. The van der Waals surface area contributed by atoms with Crippen molar-refractivity contribution < 1.29 is 18.9 Å². The second-order valence-corrected chi connectivity index (χ2v) is 13.7. The summed E-state index contributed by atoms with van der Waals surface area (Å²) in [7, 11) is 3.68. The third kappa shape index (κ3) is 3.09. The van der Waals surface area contributed by atoms with Gasteiger partial charge < -0.3 is 18.9 Å². The van der Waals surface area contributed by atoms with E-state index in [2.05, 4.69) is 27.7 Å². The lowest BCUT2D eigenvalue weighted by Gasteiger charge is -2.62. The van der Waals surface area contributed by atoms with Crippen molar-refractivity contribution in [1.29, 1.82) is 0 Å². The molecule has 33 heavy (non-hydrogen) atoms. The van der Waals surface area contributed by atoms with Crippen LogP contribution in [-0.4, -0.2) is 38.5 Å². The first-order valence-electron chi connectivity index (χ1n) is 14.1. The van der Waals surface area contributed by atoms with Gasteiger partial charge in [0.2, 0.25) is 0 Å². The van der Waals surface area contributed by atoms with E-state index in [1.54, 1.807) is 0 Å². The summed E-state index contributed by atoms with van der Waals surface area (Å²) in [6.07, 6.45) is 12.9. The van der Waals surface area contributed by atoms with Crippen molar-refractivity contribution in [1.82, 2.24) is 0 Å². The molecule has 0 bridgehead atoms. The number of methoxy groups -OCH3 is 2. The summed E-state index contributed by atoms with van der Waals surface area (Å²) in [6.45, 7) is 10.9. The molecule has 0 radical (unpaired) electrons. The molecule has 6 fully saturated rings. The molecule has 2 saturated heterocycles. The molecule has 11 atom stereocenters. The predicted octanol–water partition coefficient (Wildman–Crippen LogP) is 6.42. The standard InChI is InChI=1S/C29H48O4/c1-18-9-12-29(32-17-18)19(2)25-24(33-29)15-23-21-8-7-20-16-28(30-5,31-6)14-13-26(20,3)22(21)10-11-27(23,25)4/h18-25H,7-17H2,1-6H3/t18-,19-,20+,21-,22+,23+,24+,25+,26+,27+,29-/m1/s1. The van der Waals surface area contributed by atoms with Gasteiger partial charge in [-0.3, -0.25) is 0 Å². The van der Waals surface area contributed by atoms with Crippen molar-refractivity contribution in [2.45, 2.75) is 110 Å². The molecule has 0 unspecified atom stereocenters. The highest BCUT2D eigenvalue weighted by molar-refractivity contribution is 5.15. The molecule has 2 heterocycles. The fourth-order valence-electron chi connectivity index (χ4n) is 10.7. The Kier molecular flexibility index (Phi) is 5.40. The topological polar surface area (TPSA) is 36.9 Å². The van der Waals surface area contributed by atoms with Gasteiger partial charge in [0.15, 0.2) is 11.6 Å². The lowest BCUT2D eigenvalue weighted by Crippen LogP contribution is -2.57. The van der Waals surface area contributed by atoms with Crippen molar-refractivity contribution in [2.24, 2.45) is 52.3 Å². The molecule has 2 aliphatic heterocycles. The zero-order valence-corrected chi connectivity index (χ0v) is 22.0. The summed E-state index contributed by atoms with van der Waals surface area (Å²) in [5.41, 5.74) is 0.862. The molecule has 0 aromatic carbocycles. The van der Waals surface area contributed by atoms with Crippen LogP contribution in [0.1, 0.15) is 91.9 Å². The Morgan fingerprint density at radius 3 is 2.30 bits per heavy atom. The lowest BCUT2D eigenvalue weighted by molar-refractivity contribution is -0.275. The molecule has 0 aromatic heterocycles. The molecule has 0 amide bonds. The molecule has 0 aromatic rings. The monoisotopic (exact) mass is 460 g/mol. The predicted molar refractivity (Wildman–Crippen MR) is 128 cm³/mol. The van der Waals surface area contributed by atoms with Gasteiger partial charge in [0, 0.05) is 39.4 Å². The van der Waals surface area contributed by atoms with Gasteiger partial charge in [0.25, 0.3) is 0 Å². The maximum atomic E-state index is 6.94. The largest absolute Gasteiger partial charge is 0.353 e. The summed E-state index contributed by atoms with van der Waals surface area (Å²) < 4.78 is 25.3. The Balaban J connectivity index is 1.23. The van der Waals surface area contributed by atoms with Crippen molar-refractivity contribution >= 4 is 0 Å². The van der Waals surface area contributed by atoms with Crippen LogP contribution in [0.25, 0.3) is 0 Å². The van der Waals surface area contributed by atoms with Crippen molar-refractivity contribution in [3.05, 3.63) is 0 Å². The number of fused-ring (bicyclic) bond motifs is 7. The second-order valence-electron chi connectivity index (χ2n) is 13.7. The van der Waals surface area contributed by atoms with Gasteiger partial charge in [-0.2, -0.15) is 0 Å². The Labute approximate surface area is 201 Å². The summed E-state index contributed by atoms with van der Waals surface area (Å²) in [6, 6.07) is 0. The van der Waals surface area contributed by atoms with Crippen molar-refractivity contribution in [3.8, 4) is 0 Å². The average Bonchev–Trinajstić information content (AvgIpc) is 3.26. The van der Waals surface area contributed by atoms with E-state index in [1.165, 1.54) is 44.9 Å². The van der Waals surface area contributed by atoms with Crippen molar-refractivity contribution in [3.63, 3.8) is 0 Å². The Morgan fingerprint density at radius 1 is 0.818 bits per heavy atom. The minimum atomic E-state index is -0.348. The summed E-state index contributed by atoms with van der Waals surface area (Å²) in [4.78, 5) is 0. The van der Waals surface area contributed by atoms with E-state index in [4.69, 9.17) is 18.9 Å². The van der Waals surface area contributed by atoms with Crippen LogP contribution in [0.3, 0.4) is 0 Å². The SMILES string of the molecule is COC1(OC)CC[C@@]2(C)[C@@H](CC[C@@H]3[C@@H]2CC[C@]2(C)[C@@H]4[C@H](C[C@@H]32)O[C@]2(CC[C@@H](C)CO2)[C@@H]4C)C1. The van der Waals surface area contributed by atoms with E-state index in [9.17, 15) is 0 Å². The first-order chi connectivity index (χ1) is 15.7. The number of rotatable bonds is 2. The third-order valence-electron chi connectivity index (χ3n) is 12.7. The highest BCUT2D eigenvalue weighted by Crippen LogP contribution is 2.71. The maximum Gasteiger partial charge on any atom is 0.171 e. The third-order valence-corrected chi connectivity index (χ3v) is 12.7. The van der Waals surface area contributed by atoms with E-state index in [0.717, 1.165) is 49.5 Å². The second kappa shape index (κ2) is 7.67. The molecule has 6 rings (SSSR count). The van der Waals surface area contributed by atoms with Crippen LogP contribution in [0, 0.1) is 52.3 Å². The van der Waals surface area contributed by atoms with Gasteiger partial charge in [0.05, 0.1) is 12.7 Å². The van der Waals surface area contributed by atoms with Gasteiger partial charge in [-0.15, -0.1) is 0 Å². The fraction of sp³-hybridized carbons (Fsp3) is 1.00. The molecule has 4 heteroatoms. The molecule has 1 spiro atoms. The summed E-state index contributed by atoms with van der Waals surface area (Å²) in [5.74, 6) is 4.51. The quantitative estimate of drug-likeness (QED) is 0.446. The first-order valence-corrected chi connectivity index (χ1v) is 14.1. The van der Waals surface area contributed by atoms with Crippen LogP contribution in [0.5, 0.6) is 0 Å². The molecular weight excluding hydrogens is 412 g/mol. The van der Waals surface area contributed by atoms with E-state index in [0.29, 0.717) is 34.7 Å². The van der Waals surface area contributed by atoms with E-state index >= 15 is 0 Å². The van der Waals surface area contributed by atoms with Gasteiger partial charge in [-0.25, -0.2) is 0 Å². The van der Waals surface area contributed by atoms with E-state index < -0.39 is 0 Å². The average molecular weight is 461 g/mol. The minimum absolute atomic E-state index is 0.288. The van der Waals surface area contributed by atoms with Crippen molar-refractivity contribution in [2.75, 3.05) is 20.8 Å². The highest BCUT2D eigenvalue weighted by atomic mass is 16.7. The van der Waals surface area contributed by atoms with Crippen LogP contribution in [0.2, 0.25) is 0 Å². The molecular formula is C29H48O4. The minimum Gasteiger partial charge on any atom is -0.353 e. The molecule has 4 nitrogen and oxygen atoms in total. The molecule has 4 saturated carbocycles. The zero-order valence-electron chi connectivity index (χ0n) is 22.0. The van der Waals surface area contributed by atoms with Gasteiger partial charge in [-0.05, 0) is 91.3 Å². The van der Waals surface area contributed by atoms with E-state index in [1.807, 2.05) is 14.2 Å². The molecule has 6 aliphatic rings. The molecule has 0 N–H and O–H groups in total. The Bertz CT molecular complexity index is 755. The summed E-state index contributed by atoms with van der Waals surface area (Å²) in [5, 5.41) is 0. The Hall–Kier alpha value is -0.160. The first kappa shape index (κ1) is 23.3. The van der Waals surface area contributed by atoms with E-state index in [-0.39, 0.29) is 11.6 Å². The molecule has 4 aliphatic carbocycles. The number of hydrogen-bond acceptors (Lipinski definition) is 4. The van der Waals surface area contributed by atoms with Crippen LogP contribution in [0.15, 0.2) is 0 Å². The highest BCUT2D eigenvalue weighted by Gasteiger charge is 2.69. The fourth-order valence-corrected chi connectivity index (χ4v) is 10.7. The van der Waals surface area contributed by atoms with Crippen LogP contribution in [-0.2, 0) is 18.9 Å². The maximum absolute atomic E-state index is 6.94. The van der Waals surface area contributed by atoms with Crippen LogP contribution < -0.4 is 0 Å². The zero-order chi connectivity index (χ0) is 23.2. The van der Waals surface area contributed by atoms with Gasteiger partial charge in [-0.1, -0.05) is 27.7 Å². The van der Waals surface area contributed by atoms with Gasteiger partial charge >= 0.3 is 0 Å².